The van der Waals surface area contributed by atoms with Crippen molar-refractivity contribution in [3.05, 3.63) is 58.7 Å². The van der Waals surface area contributed by atoms with E-state index in [2.05, 4.69) is 67.7 Å². The van der Waals surface area contributed by atoms with Crippen LogP contribution in [0.15, 0.2) is 30.6 Å². The Morgan fingerprint density at radius 3 is 2.46 bits per heavy atom. The third-order valence-corrected chi connectivity index (χ3v) is 4.69. The lowest BCUT2D eigenvalue weighted by Gasteiger charge is -2.24. The average molecular weight is 355 g/mol. The fraction of sp³-hybridized carbons (Fsp3) is 0.545. The Bertz CT molecular complexity index is 704. The van der Waals surface area contributed by atoms with E-state index in [1.165, 1.54) is 16.7 Å². The van der Waals surface area contributed by atoms with E-state index in [9.17, 15) is 0 Å². The van der Waals surface area contributed by atoms with Crippen LogP contribution in [0.25, 0.3) is 0 Å². The Morgan fingerprint density at radius 1 is 1.04 bits per heavy atom. The molecule has 4 heteroatoms. The number of aryl methyl sites for hydroxylation is 2. The van der Waals surface area contributed by atoms with Crippen molar-refractivity contribution in [2.45, 2.75) is 66.0 Å². The zero-order chi connectivity index (χ0) is 19.2. The number of pyridine rings is 2. The number of nitrogens with zero attached hydrogens (tertiary/aromatic N) is 3. The SMILES string of the molecule is Cc1cnc(CN(CCCCN)Cc2cc(C(C)(C)C)ccn2)c(C)c1. The van der Waals surface area contributed by atoms with Gasteiger partial charge >= 0.3 is 0 Å². The Kier molecular flexibility index (Phi) is 7.30. The van der Waals surface area contributed by atoms with E-state index in [4.69, 9.17) is 5.73 Å². The quantitative estimate of drug-likeness (QED) is 0.724. The molecule has 26 heavy (non-hydrogen) atoms. The summed E-state index contributed by atoms with van der Waals surface area (Å²) in [5, 5.41) is 0. The average Bonchev–Trinajstić information content (AvgIpc) is 2.57. The van der Waals surface area contributed by atoms with Gasteiger partial charge in [0.05, 0.1) is 11.4 Å². The molecule has 0 bridgehead atoms. The van der Waals surface area contributed by atoms with Gasteiger partial charge in [0, 0.05) is 25.5 Å². The monoisotopic (exact) mass is 354 g/mol. The molecule has 0 saturated carbocycles. The lowest BCUT2D eigenvalue weighted by atomic mass is 9.87. The van der Waals surface area contributed by atoms with E-state index in [1.54, 1.807) is 0 Å². The Labute approximate surface area is 158 Å². The Hall–Kier alpha value is -1.78. The molecule has 142 valence electrons. The van der Waals surface area contributed by atoms with Crippen molar-refractivity contribution in [2.75, 3.05) is 13.1 Å². The molecule has 0 amide bonds. The summed E-state index contributed by atoms with van der Waals surface area (Å²) < 4.78 is 0. The van der Waals surface area contributed by atoms with Crippen LogP contribution in [0.4, 0.5) is 0 Å². The normalized spacial score (nSPS) is 12.0. The topological polar surface area (TPSA) is 55.0 Å². The lowest BCUT2D eigenvalue weighted by molar-refractivity contribution is 0.245. The summed E-state index contributed by atoms with van der Waals surface area (Å²) in [7, 11) is 0. The largest absolute Gasteiger partial charge is 0.330 e. The lowest BCUT2D eigenvalue weighted by Crippen LogP contribution is -2.26. The zero-order valence-corrected chi connectivity index (χ0v) is 17.0. The molecule has 0 radical (unpaired) electrons. The predicted molar refractivity (Wildman–Crippen MR) is 109 cm³/mol. The van der Waals surface area contributed by atoms with Crippen LogP contribution in [0.2, 0.25) is 0 Å². The molecule has 2 aromatic heterocycles. The maximum Gasteiger partial charge on any atom is 0.0573 e. The molecule has 0 saturated heterocycles. The highest BCUT2D eigenvalue weighted by Crippen LogP contribution is 2.22. The second-order valence-electron chi connectivity index (χ2n) is 8.27. The van der Waals surface area contributed by atoms with E-state index in [1.807, 2.05) is 12.4 Å². The van der Waals surface area contributed by atoms with Crippen molar-refractivity contribution in [2.24, 2.45) is 5.73 Å². The molecule has 0 aliphatic heterocycles. The van der Waals surface area contributed by atoms with Crippen LogP contribution in [0.5, 0.6) is 0 Å². The smallest absolute Gasteiger partial charge is 0.0573 e. The van der Waals surface area contributed by atoms with Crippen LogP contribution in [-0.4, -0.2) is 28.0 Å². The van der Waals surface area contributed by atoms with E-state index >= 15 is 0 Å². The highest BCUT2D eigenvalue weighted by molar-refractivity contribution is 5.25. The minimum absolute atomic E-state index is 0.136. The number of aromatic nitrogens is 2. The van der Waals surface area contributed by atoms with Crippen LogP contribution in [0.1, 0.15) is 61.7 Å². The fourth-order valence-electron chi connectivity index (χ4n) is 3.07. The second-order valence-corrected chi connectivity index (χ2v) is 8.27. The van der Waals surface area contributed by atoms with Crippen molar-refractivity contribution in [1.29, 1.82) is 0 Å². The van der Waals surface area contributed by atoms with Crippen molar-refractivity contribution in [3.8, 4) is 0 Å². The summed E-state index contributed by atoms with van der Waals surface area (Å²) in [6.07, 6.45) is 6.04. The number of unbranched alkanes of at least 4 members (excludes halogenated alkanes) is 1. The van der Waals surface area contributed by atoms with Crippen LogP contribution >= 0.6 is 0 Å². The summed E-state index contributed by atoms with van der Waals surface area (Å²) in [4.78, 5) is 11.7. The van der Waals surface area contributed by atoms with Gasteiger partial charge < -0.3 is 5.73 Å². The maximum absolute atomic E-state index is 5.69. The molecule has 2 heterocycles. The van der Waals surface area contributed by atoms with Crippen molar-refractivity contribution in [3.63, 3.8) is 0 Å². The Morgan fingerprint density at radius 2 is 1.81 bits per heavy atom. The molecule has 0 atom stereocenters. The van der Waals surface area contributed by atoms with Gasteiger partial charge in [-0.25, -0.2) is 0 Å². The highest BCUT2D eigenvalue weighted by Gasteiger charge is 2.16. The minimum Gasteiger partial charge on any atom is -0.330 e. The van der Waals surface area contributed by atoms with Crippen LogP contribution < -0.4 is 5.73 Å². The van der Waals surface area contributed by atoms with Gasteiger partial charge in [-0.05, 0) is 74.0 Å². The van der Waals surface area contributed by atoms with Gasteiger partial charge in [0.1, 0.15) is 0 Å². The van der Waals surface area contributed by atoms with Crippen LogP contribution in [0.3, 0.4) is 0 Å². The van der Waals surface area contributed by atoms with Gasteiger partial charge in [-0.1, -0.05) is 26.8 Å². The predicted octanol–water partition coefficient (Wildman–Crippen LogP) is 4.13. The molecule has 4 nitrogen and oxygen atoms in total. The zero-order valence-electron chi connectivity index (χ0n) is 17.0. The van der Waals surface area contributed by atoms with E-state index in [0.29, 0.717) is 0 Å². The molecule has 0 fully saturated rings. The number of hydrogen-bond donors (Lipinski definition) is 1. The molecular weight excluding hydrogens is 320 g/mol. The van der Waals surface area contributed by atoms with Gasteiger partial charge in [0.25, 0.3) is 0 Å². The maximum atomic E-state index is 5.69. The van der Waals surface area contributed by atoms with Gasteiger partial charge in [0.15, 0.2) is 0 Å². The third kappa shape index (κ3) is 6.19. The first-order chi connectivity index (χ1) is 12.3. The minimum atomic E-state index is 0.136. The van der Waals surface area contributed by atoms with Crippen molar-refractivity contribution in [1.82, 2.24) is 14.9 Å². The van der Waals surface area contributed by atoms with E-state index < -0.39 is 0 Å². The molecular formula is C22H34N4. The molecule has 0 aliphatic rings. The first-order valence-corrected chi connectivity index (χ1v) is 9.59. The number of nitrogens with two attached hydrogens (primary N) is 1. The molecule has 0 spiro atoms. The van der Waals surface area contributed by atoms with Gasteiger partial charge in [-0.15, -0.1) is 0 Å². The molecule has 0 aliphatic carbocycles. The summed E-state index contributed by atoms with van der Waals surface area (Å²) in [6, 6.07) is 6.57. The Balaban J connectivity index is 2.16. The first-order valence-electron chi connectivity index (χ1n) is 9.59. The third-order valence-electron chi connectivity index (χ3n) is 4.69. The molecule has 0 aromatic carbocycles. The van der Waals surface area contributed by atoms with Gasteiger partial charge in [0.2, 0.25) is 0 Å². The van der Waals surface area contributed by atoms with Gasteiger partial charge in [-0.3, -0.25) is 14.9 Å². The number of hydrogen-bond acceptors (Lipinski definition) is 4. The summed E-state index contributed by atoms with van der Waals surface area (Å²) in [6.45, 7) is 14.4. The summed E-state index contributed by atoms with van der Waals surface area (Å²) in [5.41, 5.74) is 11.9. The highest BCUT2D eigenvalue weighted by atomic mass is 15.1. The molecule has 0 unspecified atom stereocenters. The first kappa shape index (κ1) is 20.5. The van der Waals surface area contributed by atoms with Crippen molar-refractivity contribution < 1.29 is 0 Å². The standard InChI is InChI=1S/C22H34N4/c1-17-12-18(2)21(25-14-17)16-26(11-7-6-9-23)15-20-13-19(8-10-24-20)22(3,4)5/h8,10,12-14H,6-7,9,11,15-16,23H2,1-5H3. The number of rotatable bonds is 8. The molecule has 2 aromatic rings. The molecule has 2 N–H and O–H groups in total. The summed E-state index contributed by atoms with van der Waals surface area (Å²) in [5.74, 6) is 0. The van der Waals surface area contributed by atoms with Crippen LogP contribution in [-0.2, 0) is 18.5 Å². The van der Waals surface area contributed by atoms with Crippen molar-refractivity contribution >= 4 is 0 Å². The fourth-order valence-corrected chi connectivity index (χ4v) is 3.07. The second kappa shape index (κ2) is 9.24. The van der Waals surface area contributed by atoms with E-state index in [0.717, 1.165) is 50.4 Å². The summed E-state index contributed by atoms with van der Waals surface area (Å²) >= 11 is 0. The van der Waals surface area contributed by atoms with Gasteiger partial charge in [-0.2, -0.15) is 0 Å². The van der Waals surface area contributed by atoms with E-state index in [-0.39, 0.29) is 5.41 Å². The molecule has 2 rings (SSSR count). The van der Waals surface area contributed by atoms with Crippen LogP contribution in [0, 0.1) is 13.8 Å².